The Balaban J connectivity index is 2.45. The van der Waals surface area contributed by atoms with Crippen molar-refractivity contribution in [1.82, 2.24) is 4.31 Å². The van der Waals surface area contributed by atoms with Crippen molar-refractivity contribution < 1.29 is 18.3 Å². The molecule has 1 fully saturated rings. The summed E-state index contributed by atoms with van der Waals surface area (Å²) in [7, 11) is -2.33. The number of phenolic OH excluding ortho intramolecular Hbond substituents is 1. The zero-order valence-electron chi connectivity index (χ0n) is 10.8. The maximum absolute atomic E-state index is 12.6. The van der Waals surface area contributed by atoms with Crippen LogP contribution >= 0.6 is 23.2 Å². The van der Waals surface area contributed by atoms with Gasteiger partial charge in [0.2, 0.25) is 10.0 Å². The van der Waals surface area contributed by atoms with E-state index in [0.29, 0.717) is 13.2 Å². The molecular weight excluding hydrogens is 325 g/mol. The number of sulfonamides is 1. The van der Waals surface area contributed by atoms with E-state index < -0.39 is 15.8 Å². The molecule has 1 aliphatic rings. The minimum Gasteiger partial charge on any atom is -0.505 e. The zero-order valence-corrected chi connectivity index (χ0v) is 13.2. The van der Waals surface area contributed by atoms with Crippen LogP contribution in [0.4, 0.5) is 0 Å². The van der Waals surface area contributed by atoms with Crippen LogP contribution in [0.25, 0.3) is 0 Å². The Hall–Kier alpha value is -0.530. The number of hydrogen-bond acceptors (Lipinski definition) is 4. The molecule has 0 saturated carbocycles. The van der Waals surface area contributed by atoms with Crippen LogP contribution in [0, 0.1) is 0 Å². The Morgan fingerprint density at radius 3 is 2.80 bits per heavy atom. The van der Waals surface area contributed by atoms with Gasteiger partial charge in [-0.15, -0.1) is 0 Å². The van der Waals surface area contributed by atoms with Gasteiger partial charge in [-0.1, -0.05) is 23.2 Å². The molecule has 2 rings (SSSR count). The lowest BCUT2D eigenvalue weighted by Gasteiger charge is -2.24. The van der Waals surface area contributed by atoms with E-state index in [0.717, 1.165) is 12.8 Å². The summed E-state index contributed by atoms with van der Waals surface area (Å²) in [5.41, 5.74) is 0. The fraction of sp³-hybridized carbons (Fsp3) is 0.500. The molecule has 1 saturated heterocycles. The first kappa shape index (κ1) is 15.9. The lowest BCUT2D eigenvalue weighted by Crippen LogP contribution is -2.38. The summed E-state index contributed by atoms with van der Waals surface area (Å²) in [6, 6.07) is 2.27. The second-order valence-corrected chi connectivity index (χ2v) is 7.30. The Morgan fingerprint density at radius 2 is 2.15 bits per heavy atom. The first-order valence-electron chi connectivity index (χ1n) is 6.06. The third-order valence-electron chi connectivity index (χ3n) is 3.26. The maximum atomic E-state index is 12.6. The van der Waals surface area contributed by atoms with Crippen LogP contribution < -0.4 is 0 Å². The summed E-state index contributed by atoms with van der Waals surface area (Å²) in [4.78, 5) is -0.266. The minimum atomic E-state index is -3.85. The van der Waals surface area contributed by atoms with E-state index in [9.17, 15) is 13.5 Å². The number of hydrogen-bond donors (Lipinski definition) is 1. The summed E-state index contributed by atoms with van der Waals surface area (Å²) in [6.07, 6.45) is 1.48. The molecule has 1 atom stereocenters. The number of methoxy groups -OCH3 is 1. The van der Waals surface area contributed by atoms with Crippen LogP contribution in [-0.2, 0) is 14.8 Å². The highest BCUT2D eigenvalue weighted by atomic mass is 35.5. The van der Waals surface area contributed by atoms with Gasteiger partial charge in [-0.3, -0.25) is 0 Å². The van der Waals surface area contributed by atoms with E-state index in [1.165, 1.54) is 23.5 Å². The highest BCUT2D eigenvalue weighted by Crippen LogP contribution is 2.37. The Bertz CT molecular complexity index is 606. The Labute approximate surface area is 128 Å². The van der Waals surface area contributed by atoms with E-state index in [-0.39, 0.29) is 21.0 Å². The summed E-state index contributed by atoms with van der Waals surface area (Å²) < 4.78 is 31.7. The molecule has 1 N–H and O–H groups in total. The van der Waals surface area contributed by atoms with E-state index in [2.05, 4.69) is 0 Å². The molecular formula is C12H15Cl2NO4S. The van der Waals surface area contributed by atoms with Crippen LogP contribution in [0.15, 0.2) is 17.0 Å². The summed E-state index contributed by atoms with van der Waals surface area (Å²) in [5, 5.41) is 9.98. The molecule has 5 nitrogen and oxygen atoms in total. The van der Waals surface area contributed by atoms with E-state index >= 15 is 0 Å². The van der Waals surface area contributed by atoms with Crippen molar-refractivity contribution in [3.8, 4) is 5.75 Å². The van der Waals surface area contributed by atoms with E-state index in [1.54, 1.807) is 0 Å². The molecule has 0 spiro atoms. The number of rotatable bonds is 4. The molecule has 0 unspecified atom stereocenters. The van der Waals surface area contributed by atoms with Crippen molar-refractivity contribution in [2.75, 3.05) is 20.3 Å². The van der Waals surface area contributed by atoms with Gasteiger partial charge in [0.1, 0.15) is 4.90 Å². The number of ether oxygens (including phenoxy) is 1. The normalized spacial score (nSPS) is 20.4. The first-order valence-corrected chi connectivity index (χ1v) is 8.26. The smallest absolute Gasteiger partial charge is 0.247 e. The topological polar surface area (TPSA) is 66.8 Å². The Kier molecular flexibility index (Phi) is 4.81. The van der Waals surface area contributed by atoms with Crippen molar-refractivity contribution in [2.24, 2.45) is 0 Å². The molecule has 1 aromatic carbocycles. The highest BCUT2D eigenvalue weighted by Gasteiger charge is 2.37. The van der Waals surface area contributed by atoms with Gasteiger partial charge in [0.25, 0.3) is 0 Å². The molecule has 8 heteroatoms. The van der Waals surface area contributed by atoms with Gasteiger partial charge in [-0.2, -0.15) is 4.31 Å². The fourth-order valence-corrected chi connectivity index (χ4v) is 4.78. The SMILES string of the molecule is COC[C@@H]1CCCN1S(=O)(=O)c1cc(Cl)cc(Cl)c1O. The molecule has 0 amide bonds. The quantitative estimate of drug-likeness (QED) is 0.915. The third kappa shape index (κ3) is 2.89. The van der Waals surface area contributed by atoms with Gasteiger partial charge in [0.05, 0.1) is 11.6 Å². The van der Waals surface area contributed by atoms with E-state index in [4.69, 9.17) is 27.9 Å². The summed E-state index contributed by atoms with van der Waals surface area (Å²) in [5.74, 6) is -0.473. The van der Waals surface area contributed by atoms with Crippen LogP contribution in [-0.4, -0.2) is 44.1 Å². The predicted octanol–water partition coefficient (Wildman–Crippen LogP) is 2.50. The zero-order chi connectivity index (χ0) is 14.9. The molecule has 1 heterocycles. The van der Waals surface area contributed by atoms with Gasteiger partial charge < -0.3 is 9.84 Å². The number of nitrogens with zero attached hydrogens (tertiary/aromatic N) is 1. The van der Waals surface area contributed by atoms with Crippen molar-refractivity contribution in [1.29, 1.82) is 0 Å². The van der Waals surface area contributed by atoms with Gasteiger partial charge in [0, 0.05) is 24.7 Å². The molecule has 0 aliphatic carbocycles. The average Bonchev–Trinajstić information content (AvgIpc) is 2.83. The molecule has 1 aliphatic heterocycles. The number of benzene rings is 1. The molecule has 0 radical (unpaired) electrons. The van der Waals surface area contributed by atoms with Crippen molar-refractivity contribution in [2.45, 2.75) is 23.8 Å². The maximum Gasteiger partial charge on any atom is 0.247 e. The number of aromatic hydroxyl groups is 1. The van der Waals surface area contributed by atoms with Gasteiger partial charge in [0.15, 0.2) is 5.75 Å². The number of halogens is 2. The van der Waals surface area contributed by atoms with Gasteiger partial charge >= 0.3 is 0 Å². The summed E-state index contributed by atoms with van der Waals surface area (Å²) >= 11 is 11.6. The monoisotopic (exact) mass is 339 g/mol. The van der Waals surface area contributed by atoms with Gasteiger partial charge in [-0.25, -0.2) is 8.42 Å². The summed E-state index contributed by atoms with van der Waals surface area (Å²) in [6.45, 7) is 0.703. The second kappa shape index (κ2) is 6.07. The van der Waals surface area contributed by atoms with Gasteiger partial charge in [-0.05, 0) is 25.0 Å². The largest absolute Gasteiger partial charge is 0.505 e. The lowest BCUT2D eigenvalue weighted by atomic mass is 10.2. The average molecular weight is 340 g/mol. The molecule has 0 bridgehead atoms. The minimum absolute atomic E-state index is 0.0847. The second-order valence-electron chi connectivity index (χ2n) is 4.60. The lowest BCUT2D eigenvalue weighted by molar-refractivity contribution is 0.149. The van der Waals surface area contributed by atoms with Crippen LogP contribution in [0.5, 0.6) is 5.75 Å². The van der Waals surface area contributed by atoms with Crippen molar-refractivity contribution in [3.05, 3.63) is 22.2 Å². The van der Waals surface area contributed by atoms with E-state index in [1.807, 2.05) is 0 Å². The van der Waals surface area contributed by atoms with Crippen molar-refractivity contribution >= 4 is 33.2 Å². The molecule has 20 heavy (non-hydrogen) atoms. The standard InChI is InChI=1S/C12H15Cl2NO4S/c1-19-7-9-3-2-4-15(9)20(17,18)11-6-8(13)5-10(14)12(11)16/h5-6,9,16H,2-4,7H2,1H3/t9-/m0/s1. The van der Waals surface area contributed by atoms with Crippen LogP contribution in [0.1, 0.15) is 12.8 Å². The third-order valence-corrected chi connectivity index (χ3v) is 5.73. The molecule has 1 aromatic rings. The number of phenols is 1. The highest BCUT2D eigenvalue weighted by molar-refractivity contribution is 7.89. The molecule has 112 valence electrons. The fourth-order valence-electron chi connectivity index (χ4n) is 2.35. The van der Waals surface area contributed by atoms with Crippen LogP contribution in [0.2, 0.25) is 10.0 Å². The first-order chi connectivity index (χ1) is 9.37. The molecule has 0 aromatic heterocycles. The van der Waals surface area contributed by atoms with Crippen LogP contribution in [0.3, 0.4) is 0 Å². The Morgan fingerprint density at radius 1 is 1.45 bits per heavy atom. The van der Waals surface area contributed by atoms with Crippen molar-refractivity contribution in [3.63, 3.8) is 0 Å². The predicted molar refractivity (Wildman–Crippen MR) is 76.9 cm³/mol.